The first-order valence-corrected chi connectivity index (χ1v) is 7.76. The van der Waals surface area contributed by atoms with Gasteiger partial charge in [0.2, 0.25) is 0 Å². The van der Waals surface area contributed by atoms with Gasteiger partial charge >= 0.3 is 0 Å². The van der Waals surface area contributed by atoms with Gasteiger partial charge in [-0.2, -0.15) is 0 Å². The summed E-state index contributed by atoms with van der Waals surface area (Å²) >= 11 is 0. The van der Waals surface area contributed by atoms with E-state index in [1.807, 2.05) is 0 Å². The molecule has 0 bridgehead atoms. The molecule has 3 heterocycles. The lowest BCUT2D eigenvalue weighted by molar-refractivity contribution is -0.103. The molecule has 7 nitrogen and oxygen atoms in total. The number of aromatic amines is 1. The van der Waals surface area contributed by atoms with Gasteiger partial charge in [-0.05, 0) is 6.92 Å². The first-order valence-electron chi connectivity index (χ1n) is 7.76. The second-order valence-corrected chi connectivity index (χ2v) is 6.19. The lowest BCUT2D eigenvalue weighted by Gasteiger charge is -2.40. The van der Waals surface area contributed by atoms with Crippen LogP contribution < -0.4 is 5.56 Å². The van der Waals surface area contributed by atoms with Crippen molar-refractivity contribution in [1.82, 2.24) is 14.9 Å². The molecule has 3 rings (SSSR count). The number of aryl methyl sites for hydroxylation is 1. The maximum Gasteiger partial charge on any atom is 0.251 e. The number of nitrogens with one attached hydrogen (secondary N) is 1. The van der Waals surface area contributed by atoms with E-state index in [0.29, 0.717) is 57.3 Å². The van der Waals surface area contributed by atoms with Crippen molar-refractivity contribution in [2.75, 3.05) is 39.5 Å². The topological polar surface area (TPSA) is 87.7 Å². The number of morpholine rings is 1. The molecule has 7 heteroatoms. The van der Waals surface area contributed by atoms with E-state index in [2.05, 4.69) is 14.9 Å². The number of aromatic nitrogens is 2. The number of nitrogens with zero attached hydrogens (tertiary/aromatic N) is 2. The van der Waals surface area contributed by atoms with Crippen molar-refractivity contribution in [3.8, 4) is 0 Å². The quantitative estimate of drug-likeness (QED) is 0.817. The van der Waals surface area contributed by atoms with E-state index in [1.165, 1.54) is 6.07 Å². The Labute approximate surface area is 129 Å². The summed E-state index contributed by atoms with van der Waals surface area (Å²) in [6.07, 6.45) is 1.10. The summed E-state index contributed by atoms with van der Waals surface area (Å²) < 4.78 is 11.1. The molecule has 0 radical (unpaired) electrons. The minimum absolute atomic E-state index is 0.161. The van der Waals surface area contributed by atoms with E-state index >= 15 is 0 Å². The Balaban J connectivity index is 1.67. The molecule has 1 atom stereocenters. The average Bonchev–Trinajstić information content (AvgIpc) is 2.47. The number of hydrogen-bond acceptors (Lipinski definition) is 6. The van der Waals surface area contributed by atoms with Gasteiger partial charge in [-0.25, -0.2) is 4.98 Å². The molecule has 122 valence electrons. The summed E-state index contributed by atoms with van der Waals surface area (Å²) in [6.45, 7) is 5.58. The summed E-state index contributed by atoms with van der Waals surface area (Å²) in [5.41, 5.74) is -0.186. The van der Waals surface area contributed by atoms with Gasteiger partial charge in [0.1, 0.15) is 11.9 Å². The molecule has 0 saturated carbocycles. The zero-order valence-corrected chi connectivity index (χ0v) is 12.9. The Bertz CT molecular complexity index is 568. The van der Waals surface area contributed by atoms with Crippen molar-refractivity contribution in [1.29, 1.82) is 0 Å². The molecular formula is C15H23N3O4. The van der Waals surface area contributed by atoms with Crippen LogP contribution in [0, 0.1) is 6.92 Å². The van der Waals surface area contributed by atoms with Crippen LogP contribution in [-0.4, -0.2) is 65.0 Å². The molecule has 2 aliphatic heterocycles. The highest BCUT2D eigenvalue weighted by Gasteiger charge is 2.34. The van der Waals surface area contributed by atoms with E-state index in [0.717, 1.165) is 6.54 Å². The van der Waals surface area contributed by atoms with Gasteiger partial charge in [0.05, 0.1) is 17.9 Å². The molecule has 1 unspecified atom stereocenters. The Morgan fingerprint density at radius 3 is 2.95 bits per heavy atom. The third kappa shape index (κ3) is 3.73. The molecule has 2 saturated heterocycles. The van der Waals surface area contributed by atoms with Gasteiger partial charge in [0.15, 0.2) is 0 Å². The summed E-state index contributed by atoms with van der Waals surface area (Å²) in [6, 6.07) is 1.49. The van der Waals surface area contributed by atoms with Gasteiger partial charge < -0.3 is 19.6 Å². The van der Waals surface area contributed by atoms with Gasteiger partial charge in [-0.3, -0.25) is 9.69 Å². The standard InChI is InChI=1S/C15H23N3O4/c1-11-16-12(8-14(19)17-11)13-9-18(4-7-22-13)10-15(20)2-5-21-6-3-15/h8,13,20H,2-7,9-10H2,1H3,(H,16,17,19). The van der Waals surface area contributed by atoms with E-state index in [9.17, 15) is 9.90 Å². The molecule has 1 aromatic heterocycles. The van der Waals surface area contributed by atoms with Gasteiger partial charge in [0.25, 0.3) is 5.56 Å². The van der Waals surface area contributed by atoms with Gasteiger partial charge in [0, 0.05) is 51.8 Å². The van der Waals surface area contributed by atoms with E-state index in [1.54, 1.807) is 6.92 Å². The first-order chi connectivity index (χ1) is 10.5. The molecule has 1 aromatic rings. The fraction of sp³-hybridized carbons (Fsp3) is 0.733. The maximum atomic E-state index is 11.6. The molecule has 22 heavy (non-hydrogen) atoms. The van der Waals surface area contributed by atoms with Crippen molar-refractivity contribution in [3.63, 3.8) is 0 Å². The van der Waals surface area contributed by atoms with Crippen LogP contribution >= 0.6 is 0 Å². The minimum atomic E-state index is -0.683. The van der Waals surface area contributed by atoms with Crippen molar-refractivity contribution < 1.29 is 14.6 Å². The number of β-amino-alcohol motifs (C(OH)–C–C–N with tert-alkyl or cyclic N) is 1. The Kier molecular flexibility index (Phi) is 4.58. The van der Waals surface area contributed by atoms with E-state index < -0.39 is 5.60 Å². The molecule has 0 spiro atoms. The molecule has 2 aliphatic rings. The van der Waals surface area contributed by atoms with Crippen LogP contribution in [0.25, 0.3) is 0 Å². The van der Waals surface area contributed by atoms with Gasteiger partial charge in [-0.1, -0.05) is 0 Å². The third-order valence-corrected chi connectivity index (χ3v) is 4.30. The molecule has 0 amide bonds. The predicted molar refractivity (Wildman–Crippen MR) is 79.7 cm³/mol. The SMILES string of the molecule is Cc1nc(C2CN(CC3(O)CCOCC3)CCO2)cc(=O)[nH]1. The predicted octanol–water partition coefficient (Wildman–Crippen LogP) is -0.00688. The summed E-state index contributed by atoms with van der Waals surface area (Å²) in [5, 5.41) is 10.6. The number of ether oxygens (including phenoxy) is 2. The number of aliphatic hydroxyl groups is 1. The molecule has 0 aromatic carbocycles. The normalized spacial score (nSPS) is 26.0. The van der Waals surface area contributed by atoms with Crippen LogP contribution in [0.5, 0.6) is 0 Å². The Morgan fingerprint density at radius 2 is 2.23 bits per heavy atom. The van der Waals surface area contributed by atoms with Crippen LogP contribution in [0.3, 0.4) is 0 Å². The number of hydrogen-bond donors (Lipinski definition) is 2. The monoisotopic (exact) mass is 309 g/mol. The number of H-pyrrole nitrogens is 1. The third-order valence-electron chi connectivity index (χ3n) is 4.30. The lowest BCUT2D eigenvalue weighted by atomic mass is 9.93. The Hall–Kier alpha value is -1.28. The second kappa shape index (κ2) is 6.45. The zero-order chi connectivity index (χ0) is 15.6. The van der Waals surface area contributed by atoms with Crippen LogP contribution in [0.2, 0.25) is 0 Å². The fourth-order valence-electron chi connectivity index (χ4n) is 3.12. The molecule has 2 fully saturated rings. The largest absolute Gasteiger partial charge is 0.388 e. The summed E-state index contributed by atoms with van der Waals surface area (Å²) in [7, 11) is 0. The van der Waals surface area contributed by atoms with Crippen molar-refractivity contribution >= 4 is 0 Å². The average molecular weight is 309 g/mol. The van der Waals surface area contributed by atoms with Crippen LogP contribution in [0.4, 0.5) is 0 Å². The number of rotatable bonds is 3. The smallest absolute Gasteiger partial charge is 0.251 e. The van der Waals surface area contributed by atoms with Crippen LogP contribution in [-0.2, 0) is 9.47 Å². The zero-order valence-electron chi connectivity index (χ0n) is 12.9. The van der Waals surface area contributed by atoms with Crippen LogP contribution in [0.15, 0.2) is 10.9 Å². The molecular weight excluding hydrogens is 286 g/mol. The highest BCUT2D eigenvalue weighted by atomic mass is 16.5. The lowest BCUT2D eigenvalue weighted by Crippen LogP contribution is -2.50. The highest BCUT2D eigenvalue weighted by molar-refractivity contribution is 5.07. The second-order valence-electron chi connectivity index (χ2n) is 6.19. The highest BCUT2D eigenvalue weighted by Crippen LogP contribution is 2.25. The Morgan fingerprint density at radius 1 is 1.45 bits per heavy atom. The van der Waals surface area contributed by atoms with E-state index in [4.69, 9.17) is 9.47 Å². The summed E-state index contributed by atoms with van der Waals surface area (Å²) in [4.78, 5) is 20.8. The van der Waals surface area contributed by atoms with Crippen molar-refractivity contribution in [2.24, 2.45) is 0 Å². The minimum Gasteiger partial charge on any atom is -0.388 e. The first kappa shape index (κ1) is 15.6. The van der Waals surface area contributed by atoms with Crippen molar-refractivity contribution in [3.05, 3.63) is 27.9 Å². The van der Waals surface area contributed by atoms with Crippen molar-refractivity contribution in [2.45, 2.75) is 31.5 Å². The van der Waals surface area contributed by atoms with E-state index in [-0.39, 0.29) is 11.7 Å². The maximum absolute atomic E-state index is 11.6. The van der Waals surface area contributed by atoms with Crippen LogP contribution in [0.1, 0.15) is 30.5 Å². The summed E-state index contributed by atoms with van der Waals surface area (Å²) in [5.74, 6) is 0.589. The molecule has 2 N–H and O–H groups in total. The fourth-order valence-corrected chi connectivity index (χ4v) is 3.12. The molecule has 0 aliphatic carbocycles. The van der Waals surface area contributed by atoms with Gasteiger partial charge in [-0.15, -0.1) is 0 Å².